The van der Waals surface area contributed by atoms with Crippen molar-refractivity contribution < 1.29 is 17.7 Å². The van der Waals surface area contributed by atoms with E-state index in [1.165, 1.54) is 0 Å². The van der Waals surface area contributed by atoms with Crippen LogP contribution in [0, 0.1) is 5.92 Å². The molecule has 152 valence electrons. The van der Waals surface area contributed by atoms with Crippen LogP contribution in [-0.2, 0) is 10.0 Å². The smallest absolute Gasteiger partial charge is 0.262 e. The summed E-state index contributed by atoms with van der Waals surface area (Å²) in [6, 6.07) is 14.0. The van der Waals surface area contributed by atoms with E-state index in [4.69, 9.17) is 9.26 Å². The van der Waals surface area contributed by atoms with Crippen LogP contribution in [0.5, 0.6) is 5.75 Å². The quantitative estimate of drug-likeness (QED) is 0.632. The Morgan fingerprint density at radius 3 is 2.45 bits per heavy atom. The van der Waals surface area contributed by atoms with Crippen LogP contribution in [0.25, 0.3) is 22.8 Å². The molecule has 1 saturated heterocycles. The highest BCUT2D eigenvalue weighted by molar-refractivity contribution is 7.89. The lowest BCUT2D eigenvalue weighted by molar-refractivity contribution is 0.288. The van der Waals surface area contributed by atoms with Gasteiger partial charge in [0.25, 0.3) is 5.89 Å². The molecule has 1 aliphatic heterocycles. The van der Waals surface area contributed by atoms with Crippen LogP contribution >= 0.6 is 0 Å². The molecule has 1 aromatic heterocycles. The van der Waals surface area contributed by atoms with E-state index in [1.54, 1.807) is 35.7 Å². The number of rotatable bonds is 5. The highest BCUT2D eigenvalue weighted by Gasteiger charge is 2.28. The van der Waals surface area contributed by atoms with E-state index in [1.807, 2.05) is 24.3 Å². The van der Waals surface area contributed by atoms with Crippen LogP contribution in [-0.4, -0.2) is 43.1 Å². The van der Waals surface area contributed by atoms with E-state index in [2.05, 4.69) is 17.1 Å². The third-order valence-corrected chi connectivity index (χ3v) is 7.17. The first-order chi connectivity index (χ1) is 14.0. The zero-order valence-corrected chi connectivity index (χ0v) is 17.2. The zero-order chi connectivity index (χ0) is 20.4. The van der Waals surface area contributed by atoms with Gasteiger partial charge in [0.05, 0.1) is 17.6 Å². The first kappa shape index (κ1) is 19.6. The summed E-state index contributed by atoms with van der Waals surface area (Å²) in [6.07, 6.45) is 1.79. The standard InChI is InChI=1S/C21H23N3O4S/c1-15-11-13-24(14-12-15)29(25,26)17-9-7-16(8-10-17)20-22-21(28-23-20)18-5-3-4-6-19(18)27-2/h3-10,15H,11-14H2,1-2H3. The number of nitrogens with zero attached hydrogens (tertiary/aromatic N) is 3. The largest absolute Gasteiger partial charge is 0.496 e. The van der Waals surface area contributed by atoms with Crippen molar-refractivity contribution in [1.29, 1.82) is 0 Å². The van der Waals surface area contributed by atoms with Gasteiger partial charge in [0.1, 0.15) is 5.75 Å². The second-order valence-corrected chi connectivity index (χ2v) is 9.17. The highest BCUT2D eigenvalue weighted by Crippen LogP contribution is 2.30. The predicted octanol–water partition coefficient (Wildman–Crippen LogP) is 3.83. The lowest BCUT2D eigenvalue weighted by Gasteiger charge is -2.29. The van der Waals surface area contributed by atoms with E-state index in [0.29, 0.717) is 47.6 Å². The van der Waals surface area contributed by atoms with E-state index >= 15 is 0 Å². The number of benzene rings is 2. The van der Waals surface area contributed by atoms with Gasteiger partial charge in [-0.1, -0.05) is 24.2 Å². The van der Waals surface area contributed by atoms with E-state index in [9.17, 15) is 8.42 Å². The van der Waals surface area contributed by atoms with Crippen molar-refractivity contribution in [3.8, 4) is 28.6 Å². The fourth-order valence-electron chi connectivity index (χ4n) is 3.42. The number of hydrogen-bond donors (Lipinski definition) is 0. The van der Waals surface area contributed by atoms with Crippen LogP contribution in [0.1, 0.15) is 19.8 Å². The lowest BCUT2D eigenvalue weighted by atomic mass is 10.0. The Bertz CT molecular complexity index is 1090. The Hall–Kier alpha value is -2.71. The lowest BCUT2D eigenvalue weighted by Crippen LogP contribution is -2.37. The molecule has 2 heterocycles. The summed E-state index contributed by atoms with van der Waals surface area (Å²) in [5.41, 5.74) is 1.38. The predicted molar refractivity (Wildman–Crippen MR) is 109 cm³/mol. The molecule has 0 amide bonds. The zero-order valence-electron chi connectivity index (χ0n) is 16.4. The fourth-order valence-corrected chi connectivity index (χ4v) is 4.89. The first-order valence-electron chi connectivity index (χ1n) is 9.56. The minimum absolute atomic E-state index is 0.282. The molecule has 0 saturated carbocycles. The Morgan fingerprint density at radius 2 is 1.76 bits per heavy atom. The Morgan fingerprint density at radius 1 is 1.07 bits per heavy atom. The number of para-hydroxylation sites is 1. The summed E-state index contributed by atoms with van der Waals surface area (Å²) in [5.74, 6) is 1.94. The van der Waals surface area contributed by atoms with Gasteiger partial charge in [0.2, 0.25) is 15.8 Å². The van der Waals surface area contributed by atoms with Crippen LogP contribution < -0.4 is 4.74 Å². The number of methoxy groups -OCH3 is 1. The van der Waals surface area contributed by atoms with Gasteiger partial charge in [-0.2, -0.15) is 9.29 Å². The molecule has 0 bridgehead atoms. The monoisotopic (exact) mass is 413 g/mol. The molecule has 7 nitrogen and oxygen atoms in total. The van der Waals surface area contributed by atoms with Gasteiger partial charge in [0.15, 0.2) is 0 Å². The van der Waals surface area contributed by atoms with E-state index in [0.717, 1.165) is 12.8 Å². The van der Waals surface area contributed by atoms with Gasteiger partial charge < -0.3 is 9.26 Å². The number of piperidine rings is 1. The molecule has 8 heteroatoms. The summed E-state index contributed by atoms with van der Waals surface area (Å²) in [5, 5.41) is 4.03. The van der Waals surface area contributed by atoms with Crippen LogP contribution in [0.3, 0.4) is 0 Å². The van der Waals surface area contributed by atoms with Gasteiger partial charge in [-0.25, -0.2) is 8.42 Å². The first-order valence-corrected chi connectivity index (χ1v) is 11.0. The highest BCUT2D eigenvalue weighted by atomic mass is 32.2. The summed E-state index contributed by atoms with van der Waals surface area (Å²) in [4.78, 5) is 4.71. The average Bonchev–Trinajstić information content (AvgIpc) is 3.24. The molecule has 2 aromatic carbocycles. The van der Waals surface area contributed by atoms with Gasteiger partial charge in [0, 0.05) is 18.7 Å². The Labute approximate surface area is 170 Å². The average molecular weight is 413 g/mol. The Kier molecular flexibility index (Phi) is 5.38. The number of sulfonamides is 1. The molecule has 0 radical (unpaired) electrons. The number of hydrogen-bond acceptors (Lipinski definition) is 6. The minimum Gasteiger partial charge on any atom is -0.496 e. The maximum absolute atomic E-state index is 12.9. The molecule has 1 fully saturated rings. The fraction of sp³-hybridized carbons (Fsp3) is 0.333. The molecule has 0 spiro atoms. The topological polar surface area (TPSA) is 85.5 Å². The van der Waals surface area contributed by atoms with Crippen molar-refractivity contribution in [3.05, 3.63) is 48.5 Å². The molecule has 0 aliphatic carbocycles. The van der Waals surface area contributed by atoms with Crippen molar-refractivity contribution in [2.24, 2.45) is 5.92 Å². The van der Waals surface area contributed by atoms with Crippen molar-refractivity contribution in [1.82, 2.24) is 14.4 Å². The van der Waals surface area contributed by atoms with Crippen molar-refractivity contribution in [2.45, 2.75) is 24.7 Å². The maximum atomic E-state index is 12.9. The summed E-state index contributed by atoms with van der Waals surface area (Å²) in [6.45, 7) is 3.29. The molecule has 3 aromatic rings. The second-order valence-electron chi connectivity index (χ2n) is 7.23. The SMILES string of the molecule is COc1ccccc1-c1nc(-c2ccc(S(=O)(=O)N3CCC(C)CC3)cc2)no1. The van der Waals surface area contributed by atoms with Gasteiger partial charge in [-0.15, -0.1) is 0 Å². The van der Waals surface area contributed by atoms with Crippen molar-refractivity contribution >= 4 is 10.0 Å². The van der Waals surface area contributed by atoms with Crippen molar-refractivity contribution in [3.63, 3.8) is 0 Å². The summed E-state index contributed by atoms with van der Waals surface area (Å²) in [7, 11) is -1.90. The molecular weight excluding hydrogens is 390 g/mol. The van der Waals surface area contributed by atoms with E-state index < -0.39 is 10.0 Å². The number of ether oxygens (including phenoxy) is 1. The van der Waals surface area contributed by atoms with Crippen molar-refractivity contribution in [2.75, 3.05) is 20.2 Å². The molecule has 29 heavy (non-hydrogen) atoms. The Balaban J connectivity index is 1.57. The molecule has 0 unspecified atom stereocenters. The van der Waals surface area contributed by atoms with E-state index in [-0.39, 0.29) is 4.90 Å². The van der Waals surface area contributed by atoms with Crippen LogP contribution in [0.2, 0.25) is 0 Å². The van der Waals surface area contributed by atoms with Gasteiger partial charge in [-0.05, 0) is 55.2 Å². The van der Waals surface area contributed by atoms with Gasteiger partial charge in [-0.3, -0.25) is 0 Å². The third kappa shape index (κ3) is 3.90. The normalized spacial score (nSPS) is 16.1. The molecule has 0 N–H and O–H groups in total. The number of aromatic nitrogens is 2. The minimum atomic E-state index is -3.48. The maximum Gasteiger partial charge on any atom is 0.262 e. The molecule has 1 aliphatic rings. The van der Waals surface area contributed by atoms with Crippen LogP contribution in [0.4, 0.5) is 0 Å². The molecule has 0 atom stereocenters. The second kappa shape index (κ2) is 7.96. The summed E-state index contributed by atoms with van der Waals surface area (Å²) < 4.78 is 38.0. The third-order valence-electron chi connectivity index (χ3n) is 5.26. The molecular formula is C21H23N3O4S. The van der Waals surface area contributed by atoms with Gasteiger partial charge >= 0.3 is 0 Å². The summed E-state index contributed by atoms with van der Waals surface area (Å²) >= 11 is 0. The molecule has 4 rings (SSSR count). The van der Waals surface area contributed by atoms with Crippen LogP contribution in [0.15, 0.2) is 57.9 Å².